The van der Waals surface area contributed by atoms with E-state index in [1.165, 1.54) is 30.4 Å². The van der Waals surface area contributed by atoms with Crippen LogP contribution in [0.1, 0.15) is 57.1 Å². The molecule has 1 aliphatic carbocycles. The Hall–Kier alpha value is -1.39. The number of ether oxygens (including phenoxy) is 1. The molecule has 2 atom stereocenters. The van der Waals surface area contributed by atoms with Gasteiger partial charge < -0.3 is 10.1 Å². The van der Waals surface area contributed by atoms with Gasteiger partial charge in [0.15, 0.2) is 0 Å². The minimum absolute atomic E-state index is 0.224. The number of nitrogens with zero attached hydrogens (tertiary/aromatic N) is 1. The zero-order valence-corrected chi connectivity index (χ0v) is 15.7. The molecule has 25 heavy (non-hydrogen) atoms. The quantitative estimate of drug-likeness (QED) is 0.889. The van der Waals surface area contributed by atoms with E-state index in [4.69, 9.17) is 4.74 Å². The van der Waals surface area contributed by atoms with Crippen LogP contribution in [-0.4, -0.2) is 36.1 Å². The molecule has 0 bridgehead atoms. The maximum absolute atomic E-state index is 12.4. The number of carbonyl (C=O) groups is 1. The zero-order valence-electron chi connectivity index (χ0n) is 15.7. The summed E-state index contributed by atoms with van der Waals surface area (Å²) in [6.07, 6.45) is 6.34. The van der Waals surface area contributed by atoms with E-state index < -0.39 is 0 Å². The van der Waals surface area contributed by atoms with Crippen LogP contribution >= 0.6 is 0 Å². The lowest BCUT2D eigenvalue weighted by molar-refractivity contribution is -0.126. The molecule has 4 heteroatoms. The van der Waals surface area contributed by atoms with E-state index in [-0.39, 0.29) is 24.0 Å². The summed E-state index contributed by atoms with van der Waals surface area (Å²) in [5.41, 5.74) is 2.55. The third-order valence-electron chi connectivity index (χ3n) is 5.44. The smallest absolute Gasteiger partial charge is 0.223 e. The molecule has 4 nitrogen and oxygen atoms in total. The number of benzene rings is 1. The molecular formula is C21H32N2O2. The average Bonchev–Trinajstić information content (AvgIpc) is 2.60. The Morgan fingerprint density at radius 3 is 2.40 bits per heavy atom. The lowest BCUT2D eigenvalue weighted by Gasteiger charge is -2.35. The highest BCUT2D eigenvalue weighted by Gasteiger charge is 2.23. The van der Waals surface area contributed by atoms with E-state index >= 15 is 0 Å². The second-order valence-corrected chi connectivity index (χ2v) is 7.77. The van der Waals surface area contributed by atoms with Gasteiger partial charge in [0.1, 0.15) is 0 Å². The van der Waals surface area contributed by atoms with Gasteiger partial charge in [0.05, 0.1) is 12.2 Å². The molecule has 2 fully saturated rings. The number of morpholine rings is 1. The topological polar surface area (TPSA) is 41.6 Å². The molecule has 0 radical (unpaired) electrons. The highest BCUT2D eigenvalue weighted by molar-refractivity contribution is 5.78. The molecule has 1 aromatic rings. The van der Waals surface area contributed by atoms with Crippen molar-refractivity contribution in [2.75, 3.05) is 13.1 Å². The van der Waals surface area contributed by atoms with Crippen LogP contribution in [0.2, 0.25) is 0 Å². The lowest BCUT2D eigenvalue weighted by Crippen LogP contribution is -2.45. The molecule has 0 aromatic heterocycles. The van der Waals surface area contributed by atoms with Crippen molar-refractivity contribution in [1.82, 2.24) is 10.2 Å². The van der Waals surface area contributed by atoms with E-state index in [0.717, 1.165) is 32.5 Å². The maximum atomic E-state index is 12.4. The van der Waals surface area contributed by atoms with Crippen molar-refractivity contribution in [3.05, 3.63) is 35.4 Å². The van der Waals surface area contributed by atoms with Gasteiger partial charge in [-0.1, -0.05) is 43.5 Å². The predicted octanol–water partition coefficient (Wildman–Crippen LogP) is 3.49. The van der Waals surface area contributed by atoms with Gasteiger partial charge in [-0.3, -0.25) is 9.69 Å². The van der Waals surface area contributed by atoms with Gasteiger partial charge >= 0.3 is 0 Å². The fourth-order valence-corrected chi connectivity index (χ4v) is 4.23. The molecule has 2 unspecified atom stereocenters. The summed E-state index contributed by atoms with van der Waals surface area (Å²) in [6.45, 7) is 7.77. The molecule has 1 amide bonds. The molecule has 1 aromatic carbocycles. The molecule has 1 heterocycles. The standard InChI is InChI=1S/C21H32N2O2/c1-16-13-23(14-17(2)25-16)15-20-11-7-6-10-19(20)12-22-21(24)18-8-4-3-5-9-18/h6-7,10-11,16-18H,3-5,8-9,12-15H2,1-2H3,(H,22,24). The molecule has 1 saturated carbocycles. The summed E-state index contributed by atoms with van der Waals surface area (Å²) in [5, 5.41) is 3.18. The molecule has 1 N–H and O–H groups in total. The molecule has 3 rings (SSSR count). The zero-order chi connectivity index (χ0) is 17.6. The van der Waals surface area contributed by atoms with Gasteiger partial charge in [-0.25, -0.2) is 0 Å². The highest BCUT2D eigenvalue weighted by Crippen LogP contribution is 2.24. The van der Waals surface area contributed by atoms with Crippen LogP contribution in [0.15, 0.2) is 24.3 Å². The van der Waals surface area contributed by atoms with E-state index in [1.807, 2.05) is 0 Å². The van der Waals surface area contributed by atoms with Crippen LogP contribution in [-0.2, 0) is 22.6 Å². The Morgan fingerprint density at radius 2 is 1.72 bits per heavy atom. The Labute approximate surface area is 151 Å². The van der Waals surface area contributed by atoms with Gasteiger partial charge in [-0.2, -0.15) is 0 Å². The Kier molecular flexibility index (Phi) is 6.49. The first-order valence-electron chi connectivity index (χ1n) is 9.84. The van der Waals surface area contributed by atoms with Crippen LogP contribution in [0.5, 0.6) is 0 Å². The van der Waals surface area contributed by atoms with E-state index in [2.05, 4.69) is 48.3 Å². The second kappa shape index (κ2) is 8.81. The van der Waals surface area contributed by atoms with Crippen LogP contribution in [0.25, 0.3) is 0 Å². The molecule has 0 spiro atoms. The van der Waals surface area contributed by atoms with Crippen molar-refractivity contribution in [3.63, 3.8) is 0 Å². The van der Waals surface area contributed by atoms with Gasteiger partial charge in [0, 0.05) is 32.1 Å². The number of amides is 1. The van der Waals surface area contributed by atoms with E-state index in [9.17, 15) is 4.79 Å². The molecular weight excluding hydrogens is 312 g/mol. The highest BCUT2D eigenvalue weighted by atomic mass is 16.5. The number of carbonyl (C=O) groups excluding carboxylic acids is 1. The monoisotopic (exact) mass is 344 g/mol. The first-order chi connectivity index (χ1) is 12.1. The van der Waals surface area contributed by atoms with Crippen molar-refractivity contribution in [2.24, 2.45) is 5.92 Å². The Balaban J connectivity index is 1.57. The fraction of sp³-hybridized carbons (Fsp3) is 0.667. The summed E-state index contributed by atoms with van der Waals surface area (Å²) < 4.78 is 5.83. The summed E-state index contributed by atoms with van der Waals surface area (Å²) >= 11 is 0. The van der Waals surface area contributed by atoms with Crippen molar-refractivity contribution < 1.29 is 9.53 Å². The third kappa shape index (κ3) is 5.29. The second-order valence-electron chi connectivity index (χ2n) is 7.77. The molecule has 1 aliphatic heterocycles. The van der Waals surface area contributed by atoms with Gasteiger partial charge in [-0.05, 0) is 37.8 Å². The fourth-order valence-electron chi connectivity index (χ4n) is 4.23. The summed E-state index contributed by atoms with van der Waals surface area (Å²) in [6, 6.07) is 8.49. The van der Waals surface area contributed by atoms with Gasteiger partial charge in [0.25, 0.3) is 0 Å². The third-order valence-corrected chi connectivity index (χ3v) is 5.44. The Morgan fingerprint density at radius 1 is 1.08 bits per heavy atom. The maximum Gasteiger partial charge on any atom is 0.223 e. The summed E-state index contributed by atoms with van der Waals surface area (Å²) in [4.78, 5) is 14.9. The first kappa shape index (κ1) is 18.4. The van der Waals surface area contributed by atoms with Gasteiger partial charge in [-0.15, -0.1) is 0 Å². The number of hydrogen-bond acceptors (Lipinski definition) is 3. The van der Waals surface area contributed by atoms with Gasteiger partial charge in [0.2, 0.25) is 5.91 Å². The van der Waals surface area contributed by atoms with Crippen LogP contribution < -0.4 is 5.32 Å². The van der Waals surface area contributed by atoms with Crippen molar-refractivity contribution in [2.45, 2.75) is 71.2 Å². The van der Waals surface area contributed by atoms with E-state index in [1.54, 1.807) is 0 Å². The normalized spacial score (nSPS) is 25.7. The van der Waals surface area contributed by atoms with Crippen molar-refractivity contribution in [3.8, 4) is 0 Å². The van der Waals surface area contributed by atoms with Crippen LogP contribution in [0.4, 0.5) is 0 Å². The molecule has 2 aliphatic rings. The average molecular weight is 344 g/mol. The van der Waals surface area contributed by atoms with Crippen molar-refractivity contribution >= 4 is 5.91 Å². The Bertz CT molecular complexity index is 559. The largest absolute Gasteiger partial charge is 0.373 e. The summed E-state index contributed by atoms with van der Waals surface area (Å²) in [5.74, 6) is 0.463. The summed E-state index contributed by atoms with van der Waals surface area (Å²) in [7, 11) is 0. The minimum Gasteiger partial charge on any atom is -0.373 e. The minimum atomic E-state index is 0.224. The van der Waals surface area contributed by atoms with Crippen LogP contribution in [0.3, 0.4) is 0 Å². The number of hydrogen-bond donors (Lipinski definition) is 1. The number of rotatable bonds is 5. The molecule has 138 valence electrons. The lowest BCUT2D eigenvalue weighted by atomic mass is 9.88. The van der Waals surface area contributed by atoms with Crippen LogP contribution in [0, 0.1) is 5.92 Å². The van der Waals surface area contributed by atoms with Crippen molar-refractivity contribution in [1.29, 1.82) is 0 Å². The molecule has 1 saturated heterocycles. The predicted molar refractivity (Wildman–Crippen MR) is 100 cm³/mol. The first-order valence-corrected chi connectivity index (χ1v) is 9.84. The van der Waals surface area contributed by atoms with E-state index in [0.29, 0.717) is 6.54 Å². The number of nitrogens with one attached hydrogen (secondary N) is 1. The SMILES string of the molecule is CC1CN(Cc2ccccc2CNC(=O)C2CCCCC2)CC(C)O1.